The van der Waals surface area contributed by atoms with Gasteiger partial charge in [-0.2, -0.15) is 0 Å². The van der Waals surface area contributed by atoms with Gasteiger partial charge in [-0.25, -0.2) is 22.9 Å². The molecule has 2 N–H and O–H groups in total. The molecule has 0 unspecified atom stereocenters. The number of nitrogens with one attached hydrogen (secondary N) is 1. The van der Waals surface area contributed by atoms with Crippen LogP contribution in [0.3, 0.4) is 0 Å². The molecule has 0 atom stereocenters. The van der Waals surface area contributed by atoms with Crippen LogP contribution in [0.15, 0.2) is 24.3 Å². The third-order valence-electron chi connectivity index (χ3n) is 2.74. The minimum atomic E-state index is -1.34. The lowest BCUT2D eigenvalue weighted by Crippen LogP contribution is -2.05. The highest BCUT2D eigenvalue weighted by molar-refractivity contribution is 5.88. The summed E-state index contributed by atoms with van der Waals surface area (Å²) in [5.74, 6) is -4.75. The van der Waals surface area contributed by atoms with E-state index in [1.807, 2.05) is 0 Å². The van der Waals surface area contributed by atoms with Gasteiger partial charge in [0.05, 0.1) is 11.3 Å². The summed E-state index contributed by atoms with van der Waals surface area (Å²) in [5, 5.41) is 11.4. The van der Waals surface area contributed by atoms with Crippen molar-refractivity contribution >= 4 is 17.5 Å². The Morgan fingerprint density at radius 3 is 2.57 bits per heavy atom. The van der Waals surface area contributed by atoms with Crippen LogP contribution in [-0.2, 0) is 6.42 Å². The Morgan fingerprint density at radius 1 is 1.24 bits per heavy atom. The van der Waals surface area contributed by atoms with Crippen LogP contribution in [0, 0.1) is 17.5 Å². The fourth-order valence-corrected chi connectivity index (χ4v) is 1.74. The fourth-order valence-electron chi connectivity index (χ4n) is 1.74. The van der Waals surface area contributed by atoms with Gasteiger partial charge in [-0.15, -0.1) is 0 Å². The molecule has 7 heteroatoms. The van der Waals surface area contributed by atoms with Crippen molar-refractivity contribution in [2.75, 3.05) is 5.32 Å². The number of carboxylic acids is 1. The average molecular weight is 296 g/mol. The van der Waals surface area contributed by atoms with Crippen LogP contribution in [-0.4, -0.2) is 16.1 Å². The van der Waals surface area contributed by atoms with Crippen LogP contribution in [0.25, 0.3) is 0 Å². The molecule has 0 aliphatic rings. The highest BCUT2D eigenvalue weighted by Crippen LogP contribution is 2.23. The molecule has 0 aliphatic heterocycles. The van der Waals surface area contributed by atoms with Gasteiger partial charge in [0.15, 0.2) is 11.6 Å². The third kappa shape index (κ3) is 3.31. The van der Waals surface area contributed by atoms with E-state index in [0.717, 1.165) is 12.1 Å². The summed E-state index contributed by atoms with van der Waals surface area (Å²) in [6, 6.07) is 3.71. The van der Waals surface area contributed by atoms with Gasteiger partial charge >= 0.3 is 5.97 Å². The van der Waals surface area contributed by atoms with Crippen molar-refractivity contribution in [1.29, 1.82) is 0 Å². The zero-order valence-corrected chi connectivity index (χ0v) is 11.0. The summed E-state index contributed by atoms with van der Waals surface area (Å²) >= 11 is 0. The molecular formula is C14H11F3N2O2. The Balaban J connectivity index is 2.44. The molecule has 0 spiro atoms. The number of rotatable bonds is 4. The maximum absolute atomic E-state index is 13.6. The lowest BCUT2D eigenvalue weighted by molar-refractivity contribution is 0.0696. The summed E-state index contributed by atoms with van der Waals surface area (Å²) < 4.78 is 39.8. The summed E-state index contributed by atoms with van der Waals surface area (Å²) in [6.45, 7) is 1.76. The Hall–Kier alpha value is -2.57. The van der Waals surface area contributed by atoms with Gasteiger partial charge in [0.2, 0.25) is 0 Å². The van der Waals surface area contributed by atoms with Gasteiger partial charge in [-0.05, 0) is 18.6 Å². The molecular weight excluding hydrogens is 285 g/mol. The number of nitrogens with zero attached hydrogens (tertiary/aromatic N) is 1. The standard InChI is InChI=1S/C14H11F3N2O2/c1-2-9-3-7(14(20)21)4-12(18-9)19-11-6-8(15)5-10(16)13(11)17/h3-6H,2H2,1H3,(H,18,19)(H,20,21). The smallest absolute Gasteiger partial charge is 0.335 e. The van der Waals surface area contributed by atoms with Crippen molar-refractivity contribution in [2.45, 2.75) is 13.3 Å². The second-order valence-electron chi connectivity index (χ2n) is 4.27. The van der Waals surface area contributed by atoms with Crippen molar-refractivity contribution in [1.82, 2.24) is 4.98 Å². The van der Waals surface area contributed by atoms with Crippen molar-refractivity contribution in [3.63, 3.8) is 0 Å². The first kappa shape index (κ1) is 14.8. The molecule has 0 saturated heterocycles. The molecule has 0 saturated carbocycles. The van der Waals surface area contributed by atoms with Crippen LogP contribution in [0.1, 0.15) is 23.0 Å². The number of pyridine rings is 1. The fraction of sp³-hybridized carbons (Fsp3) is 0.143. The Morgan fingerprint density at radius 2 is 1.95 bits per heavy atom. The van der Waals surface area contributed by atoms with Gasteiger partial charge in [0.1, 0.15) is 11.6 Å². The number of halogens is 3. The number of hydrogen-bond donors (Lipinski definition) is 2. The third-order valence-corrected chi connectivity index (χ3v) is 2.74. The molecule has 1 aromatic carbocycles. The second-order valence-corrected chi connectivity index (χ2v) is 4.27. The first-order chi connectivity index (χ1) is 9.90. The first-order valence-electron chi connectivity index (χ1n) is 6.06. The Kier molecular flexibility index (Phi) is 4.11. The average Bonchev–Trinajstić information content (AvgIpc) is 2.43. The highest BCUT2D eigenvalue weighted by atomic mass is 19.2. The second kappa shape index (κ2) is 5.82. The van der Waals surface area contributed by atoms with Crippen LogP contribution < -0.4 is 5.32 Å². The van der Waals surface area contributed by atoms with E-state index in [2.05, 4.69) is 10.3 Å². The minimum Gasteiger partial charge on any atom is -0.478 e. The molecule has 21 heavy (non-hydrogen) atoms. The first-order valence-corrected chi connectivity index (χ1v) is 6.06. The van der Waals surface area contributed by atoms with Gasteiger partial charge < -0.3 is 10.4 Å². The molecule has 2 aromatic rings. The molecule has 4 nitrogen and oxygen atoms in total. The monoisotopic (exact) mass is 296 g/mol. The van der Waals surface area contributed by atoms with Crippen LogP contribution in [0.4, 0.5) is 24.7 Å². The molecule has 0 amide bonds. The Labute approximate surface area is 118 Å². The number of carboxylic acid groups (broad SMARTS) is 1. The predicted octanol–water partition coefficient (Wildman–Crippen LogP) is 3.50. The predicted molar refractivity (Wildman–Crippen MR) is 70.2 cm³/mol. The van der Waals surface area contributed by atoms with Crippen LogP contribution in [0.2, 0.25) is 0 Å². The van der Waals surface area contributed by atoms with Gasteiger partial charge in [0.25, 0.3) is 0 Å². The van der Waals surface area contributed by atoms with Gasteiger partial charge in [-0.1, -0.05) is 6.92 Å². The molecule has 1 heterocycles. The molecule has 110 valence electrons. The molecule has 0 aliphatic carbocycles. The van der Waals surface area contributed by atoms with Gasteiger partial charge in [0, 0.05) is 17.8 Å². The maximum atomic E-state index is 13.6. The molecule has 0 fully saturated rings. The summed E-state index contributed by atoms with van der Waals surface area (Å²) in [7, 11) is 0. The van der Waals surface area contributed by atoms with E-state index < -0.39 is 29.1 Å². The van der Waals surface area contributed by atoms with Gasteiger partial charge in [-0.3, -0.25) is 0 Å². The van der Waals surface area contributed by atoms with Crippen molar-refractivity contribution in [3.05, 3.63) is 53.0 Å². The van der Waals surface area contributed by atoms with E-state index >= 15 is 0 Å². The number of aromatic nitrogens is 1. The summed E-state index contributed by atoms with van der Waals surface area (Å²) in [4.78, 5) is 15.0. The van der Waals surface area contributed by atoms with Crippen LogP contribution in [0.5, 0.6) is 0 Å². The lowest BCUT2D eigenvalue weighted by atomic mass is 10.2. The number of carbonyl (C=O) groups is 1. The summed E-state index contributed by atoms with van der Waals surface area (Å²) in [5.41, 5.74) is -0.0547. The zero-order valence-electron chi connectivity index (χ0n) is 11.0. The minimum absolute atomic E-state index is 0.00403. The number of benzene rings is 1. The topological polar surface area (TPSA) is 62.2 Å². The van der Waals surface area contributed by atoms with Crippen molar-refractivity contribution in [3.8, 4) is 0 Å². The SMILES string of the molecule is CCc1cc(C(=O)O)cc(Nc2cc(F)cc(F)c2F)n1. The van der Waals surface area contributed by atoms with E-state index in [0.29, 0.717) is 18.2 Å². The number of aromatic carboxylic acids is 1. The van der Waals surface area contributed by atoms with Crippen LogP contribution >= 0.6 is 0 Å². The van der Waals surface area contributed by atoms with Crippen molar-refractivity contribution in [2.24, 2.45) is 0 Å². The number of aryl methyl sites for hydroxylation is 1. The molecule has 1 aromatic heterocycles. The Bertz CT molecular complexity index is 705. The van der Waals surface area contributed by atoms with E-state index in [1.165, 1.54) is 6.07 Å². The molecule has 0 radical (unpaired) electrons. The molecule has 2 rings (SSSR count). The van der Waals surface area contributed by atoms with E-state index in [-0.39, 0.29) is 11.4 Å². The largest absolute Gasteiger partial charge is 0.478 e. The highest BCUT2D eigenvalue weighted by Gasteiger charge is 2.13. The molecule has 0 bridgehead atoms. The number of anilines is 2. The normalized spacial score (nSPS) is 10.5. The van der Waals surface area contributed by atoms with E-state index in [1.54, 1.807) is 6.92 Å². The maximum Gasteiger partial charge on any atom is 0.335 e. The summed E-state index contributed by atoms with van der Waals surface area (Å²) in [6.07, 6.45) is 0.454. The van der Waals surface area contributed by atoms with E-state index in [4.69, 9.17) is 5.11 Å². The van der Waals surface area contributed by atoms with E-state index in [9.17, 15) is 18.0 Å². The number of hydrogen-bond acceptors (Lipinski definition) is 3. The lowest BCUT2D eigenvalue weighted by Gasteiger charge is -2.10. The quantitative estimate of drug-likeness (QED) is 0.848. The van der Waals surface area contributed by atoms with Crippen molar-refractivity contribution < 1.29 is 23.1 Å². The zero-order chi connectivity index (χ0) is 15.6.